The summed E-state index contributed by atoms with van der Waals surface area (Å²) < 4.78 is 1.82. The average Bonchev–Trinajstić information content (AvgIpc) is 3.23. The Morgan fingerprint density at radius 3 is 2.52 bits per heavy atom. The van der Waals surface area contributed by atoms with Gasteiger partial charge in [0.1, 0.15) is 5.82 Å². The molecule has 3 rings (SSSR count). The van der Waals surface area contributed by atoms with Crippen LogP contribution in [0.2, 0.25) is 0 Å². The summed E-state index contributed by atoms with van der Waals surface area (Å²) in [5.41, 5.74) is 2.14. The minimum atomic E-state index is -0.806. The normalized spacial score (nSPS) is 12.0. The van der Waals surface area contributed by atoms with Crippen LogP contribution in [0, 0.1) is 0 Å². The van der Waals surface area contributed by atoms with E-state index in [0.29, 0.717) is 24.9 Å². The highest BCUT2D eigenvalue weighted by molar-refractivity contribution is 5.43. The molecule has 0 fully saturated rings. The van der Waals surface area contributed by atoms with Crippen molar-refractivity contribution in [3.63, 3.8) is 0 Å². The molecule has 0 aliphatic carbocycles. The van der Waals surface area contributed by atoms with Crippen molar-refractivity contribution < 1.29 is 10.2 Å². The topological polar surface area (TPSA) is 90.5 Å². The van der Waals surface area contributed by atoms with E-state index >= 15 is 0 Å². The maximum atomic E-state index is 9.60. The molecule has 2 aromatic heterocycles. The van der Waals surface area contributed by atoms with Gasteiger partial charge in [0.2, 0.25) is 5.95 Å². The Kier molecular flexibility index (Phi) is 6.00. The Labute approximate surface area is 158 Å². The van der Waals surface area contributed by atoms with Gasteiger partial charge in [-0.3, -0.25) is 0 Å². The van der Waals surface area contributed by atoms with Crippen molar-refractivity contribution in [2.24, 2.45) is 0 Å². The van der Waals surface area contributed by atoms with E-state index in [-0.39, 0.29) is 6.61 Å². The van der Waals surface area contributed by atoms with Crippen molar-refractivity contribution >= 4 is 11.8 Å². The maximum absolute atomic E-state index is 9.60. The Hall–Kier alpha value is -2.97. The van der Waals surface area contributed by atoms with E-state index in [9.17, 15) is 5.11 Å². The summed E-state index contributed by atoms with van der Waals surface area (Å²) in [6, 6.07) is 11.8. The molecule has 0 saturated heterocycles. The largest absolute Gasteiger partial charge is 0.394 e. The smallest absolute Gasteiger partial charge is 0.227 e. The molecular weight excluding hydrogens is 344 g/mol. The van der Waals surface area contributed by atoms with E-state index in [1.54, 1.807) is 23.4 Å². The number of aliphatic hydroxyl groups excluding tert-OH is 2. The summed E-state index contributed by atoms with van der Waals surface area (Å²) in [7, 11) is 3.75. The molecule has 1 aromatic carbocycles. The number of hydrogen-bond acceptors (Lipinski definition) is 7. The molecule has 1 unspecified atom stereocenters. The van der Waals surface area contributed by atoms with Gasteiger partial charge in [-0.05, 0) is 29.8 Å². The maximum Gasteiger partial charge on any atom is 0.227 e. The number of rotatable bonds is 8. The van der Waals surface area contributed by atoms with Crippen molar-refractivity contribution in [3.8, 4) is 5.69 Å². The van der Waals surface area contributed by atoms with E-state index in [2.05, 4.69) is 27.2 Å². The number of hydrogen-bond donors (Lipinski definition) is 2. The lowest BCUT2D eigenvalue weighted by molar-refractivity contribution is 0.101. The van der Waals surface area contributed by atoms with Crippen molar-refractivity contribution in [3.05, 3.63) is 60.6 Å². The minimum Gasteiger partial charge on any atom is -0.394 e. The van der Waals surface area contributed by atoms with Crippen LogP contribution in [0.3, 0.4) is 0 Å². The predicted octanol–water partition coefficient (Wildman–Crippen LogP) is 1.09. The van der Waals surface area contributed by atoms with Crippen LogP contribution in [0.25, 0.3) is 5.69 Å². The van der Waals surface area contributed by atoms with Crippen LogP contribution in [0.15, 0.2) is 55.0 Å². The molecule has 0 radical (unpaired) electrons. The van der Waals surface area contributed by atoms with E-state index in [1.807, 2.05) is 48.1 Å². The van der Waals surface area contributed by atoms with E-state index in [4.69, 9.17) is 5.11 Å². The molecule has 0 aliphatic rings. The van der Waals surface area contributed by atoms with Crippen LogP contribution in [-0.4, -0.2) is 63.3 Å². The summed E-state index contributed by atoms with van der Waals surface area (Å²) in [6.07, 6.45) is 4.55. The zero-order valence-electron chi connectivity index (χ0n) is 15.5. The molecular formula is C19H24N6O2. The fourth-order valence-corrected chi connectivity index (χ4v) is 2.72. The average molecular weight is 368 g/mol. The third-order valence-corrected chi connectivity index (χ3v) is 4.18. The van der Waals surface area contributed by atoms with Crippen LogP contribution in [0.5, 0.6) is 0 Å². The van der Waals surface area contributed by atoms with Gasteiger partial charge >= 0.3 is 0 Å². The molecule has 8 heteroatoms. The Morgan fingerprint density at radius 2 is 1.85 bits per heavy atom. The predicted molar refractivity (Wildman–Crippen MR) is 104 cm³/mol. The number of likely N-dealkylation sites (N-methyl/N-ethyl adjacent to an activating group) is 1. The Morgan fingerprint density at radius 1 is 1.07 bits per heavy atom. The van der Waals surface area contributed by atoms with Crippen LogP contribution in [0.4, 0.5) is 11.8 Å². The molecule has 142 valence electrons. The molecule has 0 bridgehead atoms. The summed E-state index contributed by atoms with van der Waals surface area (Å²) >= 11 is 0. The first kappa shape index (κ1) is 18.8. The first-order valence-electron chi connectivity index (χ1n) is 8.70. The molecule has 2 heterocycles. The van der Waals surface area contributed by atoms with Crippen molar-refractivity contribution in [2.75, 3.05) is 37.0 Å². The monoisotopic (exact) mass is 368 g/mol. The molecule has 1 atom stereocenters. The number of anilines is 2. The number of aliphatic hydroxyl groups is 2. The van der Waals surface area contributed by atoms with Crippen molar-refractivity contribution in [1.29, 1.82) is 0 Å². The second-order valence-corrected chi connectivity index (χ2v) is 6.40. The fraction of sp³-hybridized carbons (Fsp3) is 0.316. The molecule has 0 saturated carbocycles. The summed E-state index contributed by atoms with van der Waals surface area (Å²) in [5, 5.41) is 22.8. The molecule has 3 aromatic rings. The van der Waals surface area contributed by atoms with E-state index in [0.717, 1.165) is 11.3 Å². The van der Waals surface area contributed by atoms with Gasteiger partial charge in [0.15, 0.2) is 0 Å². The van der Waals surface area contributed by atoms with Crippen LogP contribution in [-0.2, 0) is 6.54 Å². The molecule has 0 amide bonds. The lowest BCUT2D eigenvalue weighted by Gasteiger charge is -2.23. The van der Waals surface area contributed by atoms with Gasteiger partial charge in [-0.15, -0.1) is 0 Å². The van der Waals surface area contributed by atoms with Gasteiger partial charge in [-0.2, -0.15) is 10.1 Å². The summed E-state index contributed by atoms with van der Waals surface area (Å²) in [6.45, 7) is 0.675. The standard InChI is InChI=1S/C19H24N6O2/c1-23(13-17(27)14-26)18-8-10-20-19(22-18)24(2)12-15-4-6-16(7-5-15)25-11-3-9-21-25/h3-11,17,26-27H,12-14H2,1-2H3. The minimum absolute atomic E-state index is 0.281. The molecule has 27 heavy (non-hydrogen) atoms. The zero-order chi connectivity index (χ0) is 19.2. The lowest BCUT2D eigenvalue weighted by Crippen LogP contribution is -2.32. The first-order chi connectivity index (χ1) is 13.1. The molecule has 0 aliphatic heterocycles. The second-order valence-electron chi connectivity index (χ2n) is 6.40. The van der Waals surface area contributed by atoms with Crippen LogP contribution in [0.1, 0.15) is 5.56 Å². The van der Waals surface area contributed by atoms with Gasteiger partial charge < -0.3 is 20.0 Å². The van der Waals surface area contributed by atoms with Crippen LogP contribution >= 0.6 is 0 Å². The van der Waals surface area contributed by atoms with Gasteiger partial charge in [0, 0.05) is 45.8 Å². The third kappa shape index (κ3) is 4.81. The Balaban J connectivity index is 1.67. The first-order valence-corrected chi connectivity index (χ1v) is 8.70. The quantitative estimate of drug-likeness (QED) is 0.615. The van der Waals surface area contributed by atoms with Gasteiger partial charge in [-0.1, -0.05) is 12.1 Å². The Bertz CT molecular complexity index is 838. The van der Waals surface area contributed by atoms with Crippen molar-refractivity contribution in [1.82, 2.24) is 19.7 Å². The van der Waals surface area contributed by atoms with E-state index < -0.39 is 6.10 Å². The highest BCUT2D eigenvalue weighted by Gasteiger charge is 2.12. The van der Waals surface area contributed by atoms with Gasteiger partial charge in [0.25, 0.3) is 0 Å². The molecule has 0 spiro atoms. The number of benzene rings is 1. The second kappa shape index (κ2) is 8.61. The highest BCUT2D eigenvalue weighted by atomic mass is 16.3. The zero-order valence-corrected chi connectivity index (χ0v) is 15.5. The highest BCUT2D eigenvalue weighted by Crippen LogP contribution is 2.16. The van der Waals surface area contributed by atoms with Crippen LogP contribution < -0.4 is 9.80 Å². The molecule has 2 N–H and O–H groups in total. The number of aromatic nitrogens is 4. The SMILES string of the molecule is CN(CC(O)CO)c1ccnc(N(C)Cc2ccc(-n3cccn3)cc2)n1. The summed E-state index contributed by atoms with van der Waals surface area (Å²) in [5.74, 6) is 1.28. The number of nitrogens with zero attached hydrogens (tertiary/aromatic N) is 6. The van der Waals surface area contributed by atoms with E-state index in [1.165, 1.54) is 0 Å². The third-order valence-electron chi connectivity index (χ3n) is 4.18. The molecule has 8 nitrogen and oxygen atoms in total. The fourth-order valence-electron chi connectivity index (χ4n) is 2.72. The van der Waals surface area contributed by atoms with Gasteiger partial charge in [-0.25, -0.2) is 9.67 Å². The van der Waals surface area contributed by atoms with Crippen molar-refractivity contribution in [2.45, 2.75) is 12.6 Å². The summed E-state index contributed by atoms with van der Waals surface area (Å²) in [4.78, 5) is 12.6. The lowest BCUT2D eigenvalue weighted by atomic mass is 10.2. The van der Waals surface area contributed by atoms with Gasteiger partial charge in [0.05, 0.1) is 18.4 Å².